The first-order valence-electron chi connectivity index (χ1n) is 5.70. The zero-order valence-electron chi connectivity index (χ0n) is 9.54. The number of hydrogen-bond donors (Lipinski definition) is 1. The molecule has 2 rings (SSSR count). The Balaban J connectivity index is 1.90. The molecule has 0 radical (unpaired) electrons. The lowest BCUT2D eigenvalue weighted by Gasteiger charge is -2.06. The van der Waals surface area contributed by atoms with E-state index in [9.17, 15) is 4.79 Å². The van der Waals surface area contributed by atoms with Gasteiger partial charge in [0.15, 0.2) is 0 Å². The minimum Gasteiger partial charge on any atom is -0.477 e. The lowest BCUT2D eigenvalue weighted by Crippen LogP contribution is -2.08. The SMILES string of the molecule is O=C(O)c1cccn1CCCc1ccccc1. The Morgan fingerprint density at radius 1 is 1.12 bits per heavy atom. The number of carboxylic acid groups (broad SMARTS) is 1. The second kappa shape index (κ2) is 5.34. The van der Waals surface area contributed by atoms with E-state index in [0.29, 0.717) is 5.69 Å². The van der Waals surface area contributed by atoms with Crippen LogP contribution in [0.1, 0.15) is 22.5 Å². The highest BCUT2D eigenvalue weighted by molar-refractivity contribution is 5.85. The smallest absolute Gasteiger partial charge is 0.352 e. The number of hydrogen-bond acceptors (Lipinski definition) is 1. The minimum atomic E-state index is -0.866. The molecule has 0 spiro atoms. The van der Waals surface area contributed by atoms with E-state index in [2.05, 4.69) is 12.1 Å². The fourth-order valence-electron chi connectivity index (χ4n) is 1.90. The number of nitrogens with zero attached hydrogens (tertiary/aromatic N) is 1. The highest BCUT2D eigenvalue weighted by Crippen LogP contribution is 2.07. The summed E-state index contributed by atoms with van der Waals surface area (Å²) in [6.07, 6.45) is 3.73. The zero-order chi connectivity index (χ0) is 12.1. The van der Waals surface area contributed by atoms with E-state index in [1.165, 1.54) is 5.56 Å². The third-order valence-corrected chi connectivity index (χ3v) is 2.76. The normalized spacial score (nSPS) is 10.4. The summed E-state index contributed by atoms with van der Waals surface area (Å²) < 4.78 is 1.78. The van der Waals surface area contributed by atoms with Crippen molar-refractivity contribution < 1.29 is 9.90 Å². The lowest BCUT2D eigenvalue weighted by molar-refractivity contribution is 0.0685. The molecule has 0 atom stereocenters. The molecule has 1 heterocycles. The molecule has 2 aromatic rings. The monoisotopic (exact) mass is 229 g/mol. The van der Waals surface area contributed by atoms with Crippen LogP contribution in [-0.2, 0) is 13.0 Å². The molecule has 0 aliphatic carbocycles. The molecule has 0 saturated heterocycles. The topological polar surface area (TPSA) is 42.2 Å². The van der Waals surface area contributed by atoms with Crippen molar-refractivity contribution in [3.8, 4) is 0 Å². The average molecular weight is 229 g/mol. The number of aromatic carboxylic acids is 1. The quantitative estimate of drug-likeness (QED) is 0.856. The Morgan fingerprint density at radius 3 is 2.59 bits per heavy atom. The Hall–Kier alpha value is -2.03. The summed E-state index contributed by atoms with van der Waals surface area (Å²) in [7, 11) is 0. The van der Waals surface area contributed by atoms with Gasteiger partial charge >= 0.3 is 5.97 Å². The van der Waals surface area contributed by atoms with Gasteiger partial charge in [0.1, 0.15) is 5.69 Å². The van der Waals surface area contributed by atoms with E-state index in [4.69, 9.17) is 5.11 Å². The predicted molar refractivity (Wildman–Crippen MR) is 66.2 cm³/mol. The minimum absolute atomic E-state index is 0.359. The second-order valence-corrected chi connectivity index (χ2v) is 3.98. The van der Waals surface area contributed by atoms with Gasteiger partial charge in [-0.25, -0.2) is 4.79 Å². The van der Waals surface area contributed by atoms with Gasteiger partial charge < -0.3 is 9.67 Å². The van der Waals surface area contributed by atoms with Crippen LogP contribution in [0.4, 0.5) is 0 Å². The number of carboxylic acids is 1. The maximum atomic E-state index is 10.9. The molecular weight excluding hydrogens is 214 g/mol. The van der Waals surface area contributed by atoms with E-state index in [-0.39, 0.29) is 0 Å². The molecule has 1 aromatic heterocycles. The largest absolute Gasteiger partial charge is 0.477 e. The van der Waals surface area contributed by atoms with E-state index in [1.54, 1.807) is 16.7 Å². The summed E-state index contributed by atoms with van der Waals surface area (Å²) >= 11 is 0. The first-order chi connectivity index (χ1) is 8.27. The van der Waals surface area contributed by atoms with Crippen molar-refractivity contribution in [3.05, 3.63) is 59.9 Å². The Kier molecular flexibility index (Phi) is 3.60. The number of rotatable bonds is 5. The molecule has 0 bridgehead atoms. The Morgan fingerprint density at radius 2 is 1.88 bits per heavy atom. The molecule has 88 valence electrons. The third kappa shape index (κ3) is 2.97. The second-order valence-electron chi connectivity index (χ2n) is 3.98. The summed E-state index contributed by atoms with van der Waals surface area (Å²) in [4.78, 5) is 10.9. The van der Waals surface area contributed by atoms with Gasteiger partial charge in [0, 0.05) is 12.7 Å². The van der Waals surface area contributed by atoms with Gasteiger partial charge in [-0.05, 0) is 30.5 Å². The van der Waals surface area contributed by atoms with Crippen molar-refractivity contribution in [1.82, 2.24) is 4.57 Å². The van der Waals surface area contributed by atoms with Crippen molar-refractivity contribution in [2.75, 3.05) is 0 Å². The number of benzene rings is 1. The molecule has 0 amide bonds. The molecule has 3 heteroatoms. The molecule has 17 heavy (non-hydrogen) atoms. The van der Waals surface area contributed by atoms with Gasteiger partial charge in [-0.15, -0.1) is 0 Å². The first kappa shape index (κ1) is 11.5. The Bertz CT molecular complexity index is 488. The molecule has 1 aromatic carbocycles. The van der Waals surface area contributed by atoms with Crippen molar-refractivity contribution in [3.63, 3.8) is 0 Å². The predicted octanol–water partition coefficient (Wildman–Crippen LogP) is 2.82. The van der Waals surface area contributed by atoms with Gasteiger partial charge in [0.2, 0.25) is 0 Å². The highest BCUT2D eigenvalue weighted by atomic mass is 16.4. The summed E-state index contributed by atoms with van der Waals surface area (Å²) in [5, 5.41) is 8.95. The average Bonchev–Trinajstić information content (AvgIpc) is 2.79. The fourth-order valence-corrected chi connectivity index (χ4v) is 1.90. The summed E-state index contributed by atoms with van der Waals surface area (Å²) in [5.74, 6) is -0.866. The van der Waals surface area contributed by atoms with Crippen LogP contribution in [0.3, 0.4) is 0 Å². The first-order valence-corrected chi connectivity index (χ1v) is 5.70. The number of aromatic nitrogens is 1. The van der Waals surface area contributed by atoms with Crippen LogP contribution in [0.15, 0.2) is 48.7 Å². The third-order valence-electron chi connectivity index (χ3n) is 2.76. The number of carbonyl (C=O) groups is 1. The molecular formula is C14H15NO2. The Labute approximate surface area is 100 Å². The van der Waals surface area contributed by atoms with Gasteiger partial charge in [-0.1, -0.05) is 30.3 Å². The van der Waals surface area contributed by atoms with Gasteiger partial charge in [0.25, 0.3) is 0 Å². The van der Waals surface area contributed by atoms with Gasteiger partial charge in [0.05, 0.1) is 0 Å². The standard InChI is InChI=1S/C14H15NO2/c16-14(17)13-9-5-11-15(13)10-4-8-12-6-2-1-3-7-12/h1-3,5-7,9,11H,4,8,10H2,(H,16,17). The summed E-state index contributed by atoms with van der Waals surface area (Å²) in [5.41, 5.74) is 1.65. The molecule has 1 N–H and O–H groups in total. The van der Waals surface area contributed by atoms with E-state index in [0.717, 1.165) is 19.4 Å². The van der Waals surface area contributed by atoms with Crippen LogP contribution < -0.4 is 0 Å². The van der Waals surface area contributed by atoms with Crippen LogP contribution in [0.5, 0.6) is 0 Å². The van der Waals surface area contributed by atoms with E-state index < -0.39 is 5.97 Å². The maximum Gasteiger partial charge on any atom is 0.352 e. The molecule has 0 saturated carbocycles. The molecule has 0 aliphatic rings. The van der Waals surface area contributed by atoms with Crippen molar-refractivity contribution in [2.45, 2.75) is 19.4 Å². The van der Waals surface area contributed by atoms with Gasteiger partial charge in [-0.2, -0.15) is 0 Å². The number of aryl methyl sites for hydroxylation is 2. The molecule has 3 nitrogen and oxygen atoms in total. The van der Waals surface area contributed by atoms with Crippen LogP contribution in [-0.4, -0.2) is 15.6 Å². The molecule has 0 fully saturated rings. The molecule has 0 aliphatic heterocycles. The van der Waals surface area contributed by atoms with E-state index >= 15 is 0 Å². The van der Waals surface area contributed by atoms with Gasteiger partial charge in [-0.3, -0.25) is 0 Å². The fraction of sp³-hybridized carbons (Fsp3) is 0.214. The van der Waals surface area contributed by atoms with Crippen LogP contribution in [0.25, 0.3) is 0 Å². The lowest BCUT2D eigenvalue weighted by atomic mass is 10.1. The van der Waals surface area contributed by atoms with Crippen molar-refractivity contribution >= 4 is 5.97 Å². The van der Waals surface area contributed by atoms with Crippen LogP contribution >= 0.6 is 0 Å². The molecule has 0 unspecified atom stereocenters. The van der Waals surface area contributed by atoms with Crippen LogP contribution in [0.2, 0.25) is 0 Å². The van der Waals surface area contributed by atoms with Crippen molar-refractivity contribution in [1.29, 1.82) is 0 Å². The highest BCUT2D eigenvalue weighted by Gasteiger charge is 2.07. The zero-order valence-corrected chi connectivity index (χ0v) is 9.54. The van der Waals surface area contributed by atoms with E-state index in [1.807, 2.05) is 24.4 Å². The summed E-state index contributed by atoms with van der Waals surface area (Å²) in [6.45, 7) is 0.740. The maximum absolute atomic E-state index is 10.9. The van der Waals surface area contributed by atoms with Crippen molar-refractivity contribution in [2.24, 2.45) is 0 Å². The summed E-state index contributed by atoms with van der Waals surface area (Å²) in [6, 6.07) is 13.6. The van der Waals surface area contributed by atoms with Crippen LogP contribution in [0, 0.1) is 0 Å².